The molecule has 1 aliphatic rings. The van der Waals surface area contributed by atoms with Crippen LogP contribution in [0, 0.1) is 11.3 Å². The number of benzene rings is 2. The topological polar surface area (TPSA) is 71.5 Å². The van der Waals surface area contributed by atoms with Crippen molar-refractivity contribution in [1.29, 1.82) is 5.26 Å². The van der Waals surface area contributed by atoms with Crippen LogP contribution >= 0.6 is 12.4 Å². The molecule has 3 aromatic rings. The highest BCUT2D eigenvalue weighted by Gasteiger charge is 2.14. The number of allylic oxidation sites excluding steroid dienone is 1. The van der Waals surface area contributed by atoms with E-state index < -0.39 is 0 Å². The van der Waals surface area contributed by atoms with Gasteiger partial charge in [-0.25, -0.2) is 0 Å². The van der Waals surface area contributed by atoms with Crippen LogP contribution in [0.5, 0.6) is 11.5 Å². The van der Waals surface area contributed by atoms with E-state index >= 15 is 0 Å². The van der Waals surface area contributed by atoms with E-state index in [2.05, 4.69) is 16.1 Å². The van der Waals surface area contributed by atoms with Crippen molar-refractivity contribution in [3.63, 3.8) is 0 Å². The molecule has 0 radical (unpaired) electrons. The average molecular weight is 440 g/mol. The van der Waals surface area contributed by atoms with Crippen molar-refractivity contribution in [3.8, 4) is 17.6 Å². The van der Waals surface area contributed by atoms with E-state index in [-0.39, 0.29) is 12.4 Å². The highest BCUT2D eigenvalue weighted by molar-refractivity contribution is 5.99. The molecule has 6 nitrogen and oxygen atoms in total. The fourth-order valence-corrected chi connectivity index (χ4v) is 3.70. The smallest absolute Gasteiger partial charge is 0.167 e. The van der Waals surface area contributed by atoms with Crippen LogP contribution in [0.4, 0.5) is 0 Å². The maximum Gasteiger partial charge on any atom is 0.167 e. The Labute approximate surface area is 188 Å². The van der Waals surface area contributed by atoms with E-state index in [1.807, 2.05) is 30.3 Å². The first-order valence-corrected chi connectivity index (χ1v) is 10.3. The maximum atomic E-state index is 9.68. The zero-order chi connectivity index (χ0) is 20.8. The number of hydrogen-bond donors (Lipinski definition) is 0. The van der Waals surface area contributed by atoms with Crippen molar-refractivity contribution in [2.75, 3.05) is 33.4 Å². The number of fused-ring (bicyclic) bond motifs is 1. The lowest BCUT2D eigenvalue weighted by molar-refractivity contribution is 0.183. The number of nitrogens with zero attached hydrogens (tertiary/aromatic N) is 3. The van der Waals surface area contributed by atoms with Gasteiger partial charge in [0.15, 0.2) is 5.58 Å². The van der Waals surface area contributed by atoms with Gasteiger partial charge in [-0.1, -0.05) is 23.7 Å². The largest absolute Gasteiger partial charge is 0.497 e. The molecule has 0 amide bonds. The third-order valence-electron chi connectivity index (χ3n) is 5.37. The number of piperidine rings is 1. The second kappa shape index (κ2) is 10.9. The monoisotopic (exact) mass is 439 g/mol. The molecule has 0 bridgehead atoms. The van der Waals surface area contributed by atoms with E-state index in [9.17, 15) is 5.26 Å². The fourth-order valence-electron chi connectivity index (χ4n) is 3.70. The van der Waals surface area contributed by atoms with Crippen LogP contribution in [0.15, 0.2) is 47.0 Å². The Hall–Kier alpha value is -3.01. The molecular formula is C24H26ClN3O3. The zero-order valence-electron chi connectivity index (χ0n) is 17.5. The predicted molar refractivity (Wildman–Crippen MR) is 124 cm³/mol. The van der Waals surface area contributed by atoms with Crippen molar-refractivity contribution in [2.45, 2.75) is 19.3 Å². The van der Waals surface area contributed by atoms with Crippen LogP contribution in [0.25, 0.3) is 22.6 Å². The number of aromatic nitrogens is 1. The summed E-state index contributed by atoms with van der Waals surface area (Å²) >= 11 is 0. The van der Waals surface area contributed by atoms with Gasteiger partial charge < -0.3 is 14.0 Å². The van der Waals surface area contributed by atoms with E-state index in [1.54, 1.807) is 25.3 Å². The van der Waals surface area contributed by atoms with Gasteiger partial charge in [0.2, 0.25) is 0 Å². The summed E-state index contributed by atoms with van der Waals surface area (Å²) in [7, 11) is 1.60. The number of methoxy groups -OCH3 is 1. The standard InChI is InChI=1S/C24H25N3O3.ClH/c1-28-21-9-10-23-22(16-21)24(26-30-23)19(17-25)15-18-5-7-20(8-6-18)29-14-13-27-11-3-2-4-12-27;/h5-10,15-16H,2-4,11-14H2,1H3;1H/b19-15+;. The molecule has 0 saturated carbocycles. The number of nitriles is 1. The van der Waals surface area contributed by atoms with E-state index in [4.69, 9.17) is 14.0 Å². The first kappa shape index (κ1) is 22.7. The second-order valence-electron chi connectivity index (χ2n) is 7.38. The molecule has 1 fully saturated rings. The quantitative estimate of drug-likeness (QED) is 0.472. The third kappa shape index (κ3) is 5.57. The zero-order valence-corrected chi connectivity index (χ0v) is 18.4. The van der Waals surface area contributed by atoms with Crippen molar-refractivity contribution < 1.29 is 14.0 Å². The Balaban J connectivity index is 0.00000272. The predicted octanol–water partition coefficient (Wildman–Crippen LogP) is 5.19. The van der Waals surface area contributed by atoms with Crippen LogP contribution in [0.2, 0.25) is 0 Å². The van der Waals surface area contributed by atoms with E-state index in [0.717, 1.165) is 23.2 Å². The molecule has 1 aromatic heterocycles. The Morgan fingerprint density at radius 1 is 1.13 bits per heavy atom. The molecule has 0 atom stereocenters. The number of ether oxygens (including phenoxy) is 2. The summed E-state index contributed by atoms with van der Waals surface area (Å²) in [6, 6.07) is 15.4. The summed E-state index contributed by atoms with van der Waals surface area (Å²) in [5.74, 6) is 1.52. The van der Waals surface area contributed by atoms with Crippen LogP contribution in [-0.4, -0.2) is 43.4 Å². The van der Waals surface area contributed by atoms with Crippen LogP contribution in [0.3, 0.4) is 0 Å². The van der Waals surface area contributed by atoms with Gasteiger partial charge in [-0.3, -0.25) is 4.90 Å². The Morgan fingerprint density at radius 3 is 2.58 bits per heavy atom. The summed E-state index contributed by atoms with van der Waals surface area (Å²) in [5, 5.41) is 14.5. The van der Waals surface area contributed by atoms with Crippen LogP contribution in [0.1, 0.15) is 30.5 Å². The lowest BCUT2D eigenvalue weighted by atomic mass is 10.1. The normalized spacial score (nSPS) is 14.6. The molecule has 0 N–H and O–H groups in total. The van der Waals surface area contributed by atoms with Gasteiger partial charge >= 0.3 is 0 Å². The minimum atomic E-state index is 0. The van der Waals surface area contributed by atoms with E-state index in [1.165, 1.54) is 32.4 Å². The first-order chi connectivity index (χ1) is 14.8. The molecule has 1 aliphatic heterocycles. The molecule has 4 rings (SSSR count). The molecule has 0 spiro atoms. The summed E-state index contributed by atoms with van der Waals surface area (Å²) in [5.41, 5.74) is 2.45. The summed E-state index contributed by atoms with van der Waals surface area (Å²) in [6.07, 6.45) is 5.72. The van der Waals surface area contributed by atoms with Gasteiger partial charge in [0.05, 0.1) is 18.1 Å². The second-order valence-corrected chi connectivity index (χ2v) is 7.38. The molecule has 7 heteroatoms. The number of likely N-dealkylation sites (tertiary alicyclic amines) is 1. The van der Waals surface area contributed by atoms with Gasteiger partial charge in [-0.15, -0.1) is 12.4 Å². The first-order valence-electron chi connectivity index (χ1n) is 10.3. The maximum absolute atomic E-state index is 9.68. The SMILES string of the molecule is COc1ccc2onc(/C(C#N)=C/c3ccc(OCCN4CCCCC4)cc3)c2c1.Cl. The minimum absolute atomic E-state index is 0. The lowest BCUT2D eigenvalue weighted by Gasteiger charge is -2.26. The van der Waals surface area contributed by atoms with Gasteiger partial charge in [-0.05, 0) is 67.9 Å². The molecule has 31 heavy (non-hydrogen) atoms. The molecular weight excluding hydrogens is 414 g/mol. The molecule has 162 valence electrons. The highest BCUT2D eigenvalue weighted by atomic mass is 35.5. The van der Waals surface area contributed by atoms with Gasteiger partial charge in [0, 0.05) is 6.54 Å². The van der Waals surface area contributed by atoms with Crippen LogP contribution in [-0.2, 0) is 0 Å². The van der Waals surface area contributed by atoms with Gasteiger partial charge in [0.25, 0.3) is 0 Å². The van der Waals surface area contributed by atoms with Crippen molar-refractivity contribution in [3.05, 3.63) is 53.7 Å². The number of halogens is 1. The average Bonchev–Trinajstić information content (AvgIpc) is 3.22. The minimum Gasteiger partial charge on any atom is -0.497 e. The molecule has 0 aliphatic carbocycles. The van der Waals surface area contributed by atoms with Crippen LogP contribution < -0.4 is 9.47 Å². The fraction of sp³-hybridized carbons (Fsp3) is 0.333. The Kier molecular flexibility index (Phi) is 7.94. The Bertz CT molecular complexity index is 1060. The van der Waals surface area contributed by atoms with E-state index in [0.29, 0.717) is 29.2 Å². The number of hydrogen-bond acceptors (Lipinski definition) is 6. The summed E-state index contributed by atoms with van der Waals surface area (Å²) in [6.45, 7) is 3.99. The molecule has 2 heterocycles. The lowest BCUT2D eigenvalue weighted by Crippen LogP contribution is -2.33. The molecule has 1 saturated heterocycles. The highest BCUT2D eigenvalue weighted by Crippen LogP contribution is 2.29. The summed E-state index contributed by atoms with van der Waals surface area (Å²) in [4.78, 5) is 2.46. The summed E-state index contributed by atoms with van der Waals surface area (Å²) < 4.78 is 16.5. The molecule has 2 aromatic carbocycles. The van der Waals surface area contributed by atoms with Crippen molar-refractivity contribution in [1.82, 2.24) is 10.1 Å². The number of rotatable bonds is 7. The van der Waals surface area contributed by atoms with Gasteiger partial charge in [0.1, 0.15) is 29.9 Å². The van der Waals surface area contributed by atoms with Crippen molar-refractivity contribution in [2.24, 2.45) is 0 Å². The Morgan fingerprint density at radius 2 is 1.87 bits per heavy atom. The van der Waals surface area contributed by atoms with Crippen molar-refractivity contribution >= 4 is 35.0 Å². The van der Waals surface area contributed by atoms with Gasteiger partial charge in [-0.2, -0.15) is 5.26 Å². The molecule has 0 unspecified atom stereocenters. The third-order valence-corrected chi connectivity index (χ3v) is 5.37.